The Hall–Kier alpha value is -0.160. The first kappa shape index (κ1) is 12.3. The summed E-state index contributed by atoms with van der Waals surface area (Å²) in [6, 6.07) is 6.50. The van der Waals surface area contributed by atoms with Crippen LogP contribution in [-0.4, -0.2) is 6.54 Å². The van der Waals surface area contributed by atoms with Crippen molar-refractivity contribution in [3.8, 4) is 0 Å². The Morgan fingerprint density at radius 3 is 2.94 bits per heavy atom. The van der Waals surface area contributed by atoms with Crippen LogP contribution < -0.4 is 5.32 Å². The minimum atomic E-state index is 0.599. The van der Waals surface area contributed by atoms with Gasteiger partial charge in [0, 0.05) is 23.9 Å². The molecule has 2 aromatic heterocycles. The van der Waals surface area contributed by atoms with Crippen molar-refractivity contribution >= 4 is 38.6 Å². The SMILES string of the molecule is CC(CNCc1csc(Br)c1)c1cccs1. The van der Waals surface area contributed by atoms with Gasteiger partial charge in [-0.2, -0.15) is 0 Å². The van der Waals surface area contributed by atoms with Gasteiger partial charge in [0.1, 0.15) is 0 Å². The van der Waals surface area contributed by atoms with Gasteiger partial charge in [0.05, 0.1) is 3.79 Å². The highest BCUT2D eigenvalue weighted by atomic mass is 79.9. The second-order valence-corrected chi connectivity index (χ2v) is 7.08. The fourth-order valence-corrected chi connectivity index (χ4v) is 3.54. The lowest BCUT2D eigenvalue weighted by Gasteiger charge is -2.10. The topological polar surface area (TPSA) is 12.0 Å². The molecule has 0 aliphatic heterocycles. The number of nitrogens with one attached hydrogen (secondary N) is 1. The third-order valence-electron chi connectivity index (χ3n) is 2.43. The molecule has 0 radical (unpaired) electrons. The van der Waals surface area contributed by atoms with Crippen molar-refractivity contribution in [1.82, 2.24) is 5.32 Å². The van der Waals surface area contributed by atoms with E-state index in [4.69, 9.17) is 0 Å². The van der Waals surface area contributed by atoms with Gasteiger partial charge in [-0.05, 0) is 44.4 Å². The summed E-state index contributed by atoms with van der Waals surface area (Å²) in [5, 5.41) is 7.82. The van der Waals surface area contributed by atoms with E-state index in [1.54, 1.807) is 11.3 Å². The Kier molecular flexibility index (Phi) is 4.58. The minimum absolute atomic E-state index is 0.599. The lowest BCUT2D eigenvalue weighted by atomic mass is 10.1. The molecule has 0 spiro atoms. The van der Waals surface area contributed by atoms with Crippen LogP contribution in [0.15, 0.2) is 32.7 Å². The van der Waals surface area contributed by atoms with Crippen LogP contribution in [0.5, 0.6) is 0 Å². The van der Waals surface area contributed by atoms with Crippen LogP contribution >= 0.6 is 38.6 Å². The fourth-order valence-electron chi connectivity index (χ4n) is 1.54. The quantitative estimate of drug-likeness (QED) is 0.858. The van der Waals surface area contributed by atoms with E-state index in [2.05, 4.69) is 57.1 Å². The van der Waals surface area contributed by atoms with E-state index in [1.165, 1.54) is 14.2 Å². The fraction of sp³-hybridized carbons (Fsp3) is 0.333. The van der Waals surface area contributed by atoms with Crippen molar-refractivity contribution < 1.29 is 0 Å². The molecular weight excluding hydrogens is 302 g/mol. The number of halogens is 1. The predicted octanol–water partition coefficient (Wildman–Crippen LogP) is 4.47. The highest BCUT2D eigenvalue weighted by Gasteiger charge is 2.05. The third kappa shape index (κ3) is 3.42. The molecule has 0 aliphatic rings. The van der Waals surface area contributed by atoms with E-state index in [1.807, 2.05) is 11.3 Å². The lowest BCUT2D eigenvalue weighted by Crippen LogP contribution is -2.18. The molecule has 1 nitrogen and oxygen atoms in total. The largest absolute Gasteiger partial charge is 0.312 e. The van der Waals surface area contributed by atoms with Gasteiger partial charge in [-0.1, -0.05) is 13.0 Å². The Morgan fingerprint density at radius 2 is 2.31 bits per heavy atom. The molecule has 1 unspecified atom stereocenters. The number of thiophene rings is 2. The molecule has 86 valence electrons. The van der Waals surface area contributed by atoms with Crippen LogP contribution in [-0.2, 0) is 6.54 Å². The van der Waals surface area contributed by atoms with Crippen LogP contribution in [0.2, 0.25) is 0 Å². The molecule has 0 saturated carbocycles. The first-order valence-corrected chi connectivity index (χ1v) is 7.78. The van der Waals surface area contributed by atoms with E-state index >= 15 is 0 Å². The number of hydrogen-bond acceptors (Lipinski definition) is 3. The van der Waals surface area contributed by atoms with Crippen molar-refractivity contribution in [1.29, 1.82) is 0 Å². The molecule has 16 heavy (non-hydrogen) atoms. The molecule has 1 N–H and O–H groups in total. The Labute approximate surface area is 113 Å². The lowest BCUT2D eigenvalue weighted by molar-refractivity contribution is 0.622. The van der Waals surface area contributed by atoms with E-state index in [0.29, 0.717) is 5.92 Å². The van der Waals surface area contributed by atoms with Crippen molar-refractivity contribution in [2.45, 2.75) is 19.4 Å². The van der Waals surface area contributed by atoms with Crippen molar-refractivity contribution in [3.05, 3.63) is 43.2 Å². The summed E-state index contributed by atoms with van der Waals surface area (Å²) in [5.74, 6) is 0.599. The normalized spacial score (nSPS) is 12.9. The second kappa shape index (κ2) is 5.96. The van der Waals surface area contributed by atoms with Gasteiger partial charge in [0.25, 0.3) is 0 Å². The Balaban J connectivity index is 1.76. The average Bonchev–Trinajstić information content (AvgIpc) is 2.89. The molecule has 0 bridgehead atoms. The Bertz CT molecular complexity index is 422. The van der Waals surface area contributed by atoms with Gasteiger partial charge in [0.15, 0.2) is 0 Å². The summed E-state index contributed by atoms with van der Waals surface area (Å²) < 4.78 is 1.20. The van der Waals surface area contributed by atoms with Crippen LogP contribution in [0.25, 0.3) is 0 Å². The summed E-state index contributed by atoms with van der Waals surface area (Å²) in [6.45, 7) is 4.26. The molecule has 0 aliphatic carbocycles. The monoisotopic (exact) mass is 315 g/mol. The number of hydrogen-bond donors (Lipinski definition) is 1. The summed E-state index contributed by atoms with van der Waals surface area (Å²) >= 11 is 7.05. The van der Waals surface area contributed by atoms with E-state index in [-0.39, 0.29) is 0 Å². The van der Waals surface area contributed by atoms with Gasteiger partial charge < -0.3 is 5.32 Å². The highest BCUT2D eigenvalue weighted by Crippen LogP contribution is 2.22. The van der Waals surface area contributed by atoms with Gasteiger partial charge in [0.2, 0.25) is 0 Å². The van der Waals surface area contributed by atoms with E-state index < -0.39 is 0 Å². The van der Waals surface area contributed by atoms with Gasteiger partial charge in [-0.25, -0.2) is 0 Å². The zero-order chi connectivity index (χ0) is 11.4. The van der Waals surface area contributed by atoms with Gasteiger partial charge in [-0.3, -0.25) is 0 Å². The minimum Gasteiger partial charge on any atom is -0.312 e. The van der Waals surface area contributed by atoms with Crippen LogP contribution in [0.3, 0.4) is 0 Å². The maximum atomic E-state index is 3.50. The molecule has 1 atom stereocenters. The zero-order valence-corrected chi connectivity index (χ0v) is 12.3. The standard InChI is InChI=1S/C12H14BrNS2/c1-9(11-3-2-4-15-11)6-14-7-10-5-12(13)16-8-10/h2-5,8-9,14H,6-7H2,1H3. The molecule has 2 rings (SSSR count). The summed E-state index contributed by atoms with van der Waals surface area (Å²) in [5.41, 5.74) is 1.36. The van der Waals surface area contributed by atoms with Crippen LogP contribution in [0.1, 0.15) is 23.3 Å². The molecule has 2 heterocycles. The maximum Gasteiger partial charge on any atom is 0.0701 e. The molecule has 0 fully saturated rings. The zero-order valence-electron chi connectivity index (χ0n) is 9.07. The second-order valence-electron chi connectivity index (χ2n) is 3.81. The van der Waals surface area contributed by atoms with Gasteiger partial charge in [-0.15, -0.1) is 22.7 Å². The predicted molar refractivity (Wildman–Crippen MR) is 76.5 cm³/mol. The Morgan fingerprint density at radius 1 is 1.44 bits per heavy atom. The van der Waals surface area contributed by atoms with Crippen molar-refractivity contribution in [2.75, 3.05) is 6.54 Å². The highest BCUT2D eigenvalue weighted by molar-refractivity contribution is 9.11. The third-order valence-corrected chi connectivity index (χ3v) is 5.09. The molecule has 0 saturated heterocycles. The maximum absolute atomic E-state index is 3.50. The first-order valence-electron chi connectivity index (χ1n) is 5.22. The first-order chi connectivity index (χ1) is 7.75. The average molecular weight is 316 g/mol. The molecule has 0 aromatic carbocycles. The summed E-state index contributed by atoms with van der Waals surface area (Å²) in [7, 11) is 0. The number of rotatable bonds is 5. The van der Waals surface area contributed by atoms with Crippen molar-refractivity contribution in [3.63, 3.8) is 0 Å². The molecular formula is C12H14BrNS2. The summed E-state index contributed by atoms with van der Waals surface area (Å²) in [6.07, 6.45) is 0. The van der Waals surface area contributed by atoms with Crippen molar-refractivity contribution in [2.24, 2.45) is 0 Å². The van der Waals surface area contributed by atoms with Crippen LogP contribution in [0, 0.1) is 0 Å². The van der Waals surface area contributed by atoms with Gasteiger partial charge >= 0.3 is 0 Å². The smallest absolute Gasteiger partial charge is 0.0701 e. The summed E-state index contributed by atoms with van der Waals surface area (Å²) in [4.78, 5) is 1.46. The molecule has 2 aromatic rings. The molecule has 0 amide bonds. The van der Waals surface area contributed by atoms with E-state index in [0.717, 1.165) is 13.1 Å². The van der Waals surface area contributed by atoms with Crippen LogP contribution in [0.4, 0.5) is 0 Å². The van der Waals surface area contributed by atoms with E-state index in [9.17, 15) is 0 Å². The molecule has 4 heteroatoms.